The molecule has 0 bridgehead atoms. The number of benzene rings is 1. The van der Waals surface area contributed by atoms with E-state index in [1.54, 1.807) is 24.3 Å². The van der Waals surface area contributed by atoms with Crippen molar-refractivity contribution in [3.8, 4) is 0 Å². The zero-order chi connectivity index (χ0) is 15.6. The molecule has 0 unspecified atom stereocenters. The van der Waals surface area contributed by atoms with Gasteiger partial charge in [-0.2, -0.15) is 0 Å². The van der Waals surface area contributed by atoms with Crippen molar-refractivity contribution in [2.24, 2.45) is 5.92 Å². The molecule has 1 aromatic carbocycles. The zero-order valence-corrected chi connectivity index (χ0v) is 12.2. The third kappa shape index (κ3) is 3.33. The monoisotopic (exact) mass is 310 g/mol. The fourth-order valence-electron chi connectivity index (χ4n) is 2.37. The summed E-state index contributed by atoms with van der Waals surface area (Å²) in [6.45, 7) is -0.166. The van der Waals surface area contributed by atoms with Crippen molar-refractivity contribution in [3.63, 3.8) is 0 Å². The van der Waals surface area contributed by atoms with Gasteiger partial charge >= 0.3 is 5.97 Å². The first-order valence-corrected chi connectivity index (χ1v) is 6.79. The topological polar surface area (TPSA) is 77.9 Å². The number of amides is 2. The van der Waals surface area contributed by atoms with Crippen molar-refractivity contribution in [1.29, 1.82) is 0 Å². The number of anilines is 1. The van der Waals surface area contributed by atoms with Crippen LogP contribution in [0.15, 0.2) is 24.3 Å². The maximum atomic E-state index is 12.1. The number of hydrogen-bond acceptors (Lipinski definition) is 3. The summed E-state index contributed by atoms with van der Waals surface area (Å²) in [5.74, 6) is -2.17. The number of likely N-dealkylation sites (N-methyl/N-ethyl adjacent to an activating group) is 1. The molecule has 1 aliphatic heterocycles. The van der Waals surface area contributed by atoms with Crippen LogP contribution >= 0.6 is 11.6 Å². The van der Waals surface area contributed by atoms with Crippen LogP contribution in [0.2, 0.25) is 5.02 Å². The Morgan fingerprint density at radius 2 is 2.10 bits per heavy atom. The molecule has 0 aliphatic carbocycles. The van der Waals surface area contributed by atoms with E-state index in [4.69, 9.17) is 16.7 Å². The van der Waals surface area contributed by atoms with Crippen LogP contribution in [-0.2, 0) is 14.4 Å². The number of carbonyl (C=O) groups is 3. The van der Waals surface area contributed by atoms with Crippen molar-refractivity contribution in [3.05, 3.63) is 29.3 Å². The number of para-hydroxylation sites is 1. The molecule has 1 heterocycles. The molecule has 0 radical (unpaired) electrons. The molecule has 2 amide bonds. The molecule has 7 heteroatoms. The quantitative estimate of drug-likeness (QED) is 0.907. The van der Waals surface area contributed by atoms with Gasteiger partial charge in [-0.15, -0.1) is 0 Å². The van der Waals surface area contributed by atoms with Crippen molar-refractivity contribution < 1.29 is 19.5 Å². The third-order valence-electron chi connectivity index (χ3n) is 3.37. The number of carboxylic acid groups (broad SMARTS) is 1. The fraction of sp³-hybridized carbons (Fsp3) is 0.357. The van der Waals surface area contributed by atoms with Gasteiger partial charge in [0.05, 0.1) is 16.6 Å². The van der Waals surface area contributed by atoms with E-state index < -0.39 is 11.9 Å². The normalized spacial score (nSPS) is 17.9. The second-order valence-electron chi connectivity index (χ2n) is 4.94. The second-order valence-corrected chi connectivity index (χ2v) is 5.35. The zero-order valence-electron chi connectivity index (χ0n) is 11.5. The van der Waals surface area contributed by atoms with E-state index in [9.17, 15) is 14.4 Å². The summed E-state index contributed by atoms with van der Waals surface area (Å²) < 4.78 is 0. The molecule has 1 atom stereocenters. The molecule has 0 aromatic heterocycles. The molecule has 1 N–H and O–H groups in total. The van der Waals surface area contributed by atoms with Crippen LogP contribution in [-0.4, -0.2) is 47.9 Å². The first-order valence-electron chi connectivity index (χ1n) is 6.42. The average Bonchev–Trinajstić information content (AvgIpc) is 2.79. The molecule has 2 rings (SSSR count). The molecular weight excluding hydrogens is 296 g/mol. The van der Waals surface area contributed by atoms with Gasteiger partial charge in [-0.05, 0) is 12.1 Å². The lowest BCUT2D eigenvalue weighted by Gasteiger charge is -2.20. The lowest BCUT2D eigenvalue weighted by molar-refractivity contribution is -0.145. The van der Waals surface area contributed by atoms with Gasteiger partial charge in [0.25, 0.3) is 0 Å². The number of rotatable bonds is 4. The Morgan fingerprint density at radius 1 is 1.43 bits per heavy atom. The van der Waals surface area contributed by atoms with Crippen LogP contribution in [0.4, 0.5) is 5.69 Å². The van der Waals surface area contributed by atoms with Crippen LogP contribution < -0.4 is 4.90 Å². The van der Waals surface area contributed by atoms with Gasteiger partial charge in [-0.25, -0.2) is 0 Å². The highest BCUT2D eigenvalue weighted by Crippen LogP contribution is 2.31. The van der Waals surface area contributed by atoms with E-state index in [0.29, 0.717) is 10.7 Å². The van der Waals surface area contributed by atoms with Gasteiger partial charge in [0.2, 0.25) is 11.8 Å². The predicted molar refractivity (Wildman–Crippen MR) is 77.2 cm³/mol. The van der Waals surface area contributed by atoms with E-state index in [0.717, 1.165) is 4.90 Å². The van der Waals surface area contributed by atoms with Crippen LogP contribution in [0.1, 0.15) is 6.42 Å². The molecule has 1 fully saturated rings. The van der Waals surface area contributed by atoms with Crippen LogP contribution in [0, 0.1) is 5.92 Å². The predicted octanol–water partition coefficient (Wildman–Crippen LogP) is 1.24. The van der Waals surface area contributed by atoms with Crippen LogP contribution in [0.5, 0.6) is 0 Å². The lowest BCUT2D eigenvalue weighted by Crippen LogP contribution is -2.37. The average molecular weight is 311 g/mol. The summed E-state index contributed by atoms with van der Waals surface area (Å²) in [4.78, 5) is 37.4. The first kappa shape index (κ1) is 15.3. The summed E-state index contributed by atoms with van der Waals surface area (Å²) in [6.07, 6.45) is 0.0635. The number of halogens is 1. The van der Waals surface area contributed by atoms with Crippen molar-refractivity contribution in [2.45, 2.75) is 6.42 Å². The molecule has 1 aromatic rings. The third-order valence-corrected chi connectivity index (χ3v) is 3.69. The Kier molecular flexibility index (Phi) is 4.47. The molecule has 1 saturated heterocycles. The van der Waals surface area contributed by atoms with E-state index in [1.165, 1.54) is 11.9 Å². The Labute approximate surface area is 126 Å². The number of carboxylic acids is 1. The minimum absolute atomic E-state index is 0.0635. The Balaban J connectivity index is 2.11. The summed E-state index contributed by atoms with van der Waals surface area (Å²) in [5.41, 5.74) is 0.570. The second kappa shape index (κ2) is 6.13. The minimum atomic E-state index is -1.09. The van der Waals surface area contributed by atoms with Gasteiger partial charge in [-0.3, -0.25) is 14.4 Å². The maximum Gasteiger partial charge on any atom is 0.323 e. The van der Waals surface area contributed by atoms with Gasteiger partial charge < -0.3 is 14.9 Å². The van der Waals surface area contributed by atoms with Crippen molar-refractivity contribution in [2.75, 3.05) is 25.0 Å². The molecule has 112 valence electrons. The summed E-state index contributed by atoms with van der Waals surface area (Å²) in [6, 6.07) is 6.92. The Morgan fingerprint density at radius 3 is 2.71 bits per heavy atom. The Bertz CT molecular complexity index is 590. The molecule has 21 heavy (non-hydrogen) atoms. The number of carbonyl (C=O) groups excluding carboxylic acids is 2. The molecule has 1 aliphatic rings. The highest BCUT2D eigenvalue weighted by atomic mass is 35.5. The maximum absolute atomic E-state index is 12.1. The largest absolute Gasteiger partial charge is 0.480 e. The highest BCUT2D eigenvalue weighted by Gasteiger charge is 2.37. The van der Waals surface area contributed by atoms with E-state index in [2.05, 4.69) is 0 Å². The Hall–Kier alpha value is -2.08. The summed E-state index contributed by atoms with van der Waals surface area (Å²) >= 11 is 6.06. The highest BCUT2D eigenvalue weighted by molar-refractivity contribution is 6.33. The van der Waals surface area contributed by atoms with Gasteiger partial charge in [-0.1, -0.05) is 23.7 Å². The molecular formula is C14H15ClN2O4. The van der Waals surface area contributed by atoms with Gasteiger partial charge in [0.15, 0.2) is 0 Å². The van der Waals surface area contributed by atoms with Crippen LogP contribution in [0.3, 0.4) is 0 Å². The van der Waals surface area contributed by atoms with E-state index in [-0.39, 0.29) is 31.3 Å². The molecule has 0 spiro atoms. The van der Waals surface area contributed by atoms with Crippen LogP contribution in [0.25, 0.3) is 0 Å². The van der Waals surface area contributed by atoms with Crippen molar-refractivity contribution >= 4 is 35.1 Å². The molecule has 0 saturated carbocycles. The van der Waals surface area contributed by atoms with Crippen molar-refractivity contribution in [1.82, 2.24) is 4.90 Å². The molecule has 6 nitrogen and oxygen atoms in total. The number of hydrogen-bond donors (Lipinski definition) is 1. The van der Waals surface area contributed by atoms with Gasteiger partial charge in [0.1, 0.15) is 6.54 Å². The smallest absolute Gasteiger partial charge is 0.323 e. The first-order chi connectivity index (χ1) is 9.90. The standard InChI is InChI=1S/C14H15ClN2O4/c1-16(8-13(19)20)14(21)9-6-12(18)17(7-9)11-5-3-2-4-10(11)15/h2-5,9H,6-8H2,1H3,(H,19,20)/t9-/m0/s1. The SMILES string of the molecule is CN(CC(=O)O)C(=O)[C@H]1CC(=O)N(c2ccccc2Cl)C1. The van der Waals surface area contributed by atoms with E-state index >= 15 is 0 Å². The fourth-order valence-corrected chi connectivity index (χ4v) is 2.61. The summed E-state index contributed by atoms with van der Waals surface area (Å²) in [5, 5.41) is 9.15. The minimum Gasteiger partial charge on any atom is -0.480 e. The van der Waals surface area contributed by atoms with Gasteiger partial charge in [0, 0.05) is 20.0 Å². The number of nitrogens with zero attached hydrogens (tertiary/aromatic N) is 2. The number of aliphatic carboxylic acids is 1. The summed E-state index contributed by atoms with van der Waals surface area (Å²) in [7, 11) is 1.42. The van der Waals surface area contributed by atoms with E-state index in [1.807, 2.05) is 0 Å². The lowest BCUT2D eigenvalue weighted by atomic mass is 10.1.